The molecular formula is C31H36N4O4. The second-order valence-corrected chi connectivity index (χ2v) is 10.2. The van der Waals surface area contributed by atoms with Crippen molar-refractivity contribution in [3.05, 3.63) is 84.2 Å². The Balaban J connectivity index is 1.43. The van der Waals surface area contributed by atoms with Crippen molar-refractivity contribution in [2.75, 3.05) is 43.1 Å². The Hall–Kier alpha value is -4.20. The van der Waals surface area contributed by atoms with Gasteiger partial charge in [-0.3, -0.25) is 19.4 Å². The third-order valence-corrected chi connectivity index (χ3v) is 7.08. The summed E-state index contributed by atoms with van der Waals surface area (Å²) in [5.74, 6) is 0.110. The predicted octanol–water partition coefficient (Wildman–Crippen LogP) is 4.59. The first-order valence-electron chi connectivity index (χ1n) is 13.3. The SMILES string of the molecule is CCN1C(=O)C(C)(C)C(=O)N(C)c2cc(OCCCN(CCc3cccnc3)C(=O)c3ccccc3)ccc21. The van der Waals surface area contributed by atoms with Crippen molar-refractivity contribution in [2.24, 2.45) is 5.41 Å². The van der Waals surface area contributed by atoms with E-state index in [-0.39, 0.29) is 17.7 Å². The molecule has 2 heterocycles. The number of ether oxygens (including phenoxy) is 1. The molecule has 0 atom stereocenters. The third-order valence-electron chi connectivity index (χ3n) is 7.08. The van der Waals surface area contributed by atoms with Gasteiger partial charge in [0.05, 0.1) is 18.0 Å². The van der Waals surface area contributed by atoms with Crippen LogP contribution in [0.1, 0.15) is 43.1 Å². The molecule has 204 valence electrons. The van der Waals surface area contributed by atoms with Crippen LogP contribution in [0.3, 0.4) is 0 Å². The summed E-state index contributed by atoms with van der Waals surface area (Å²) in [5.41, 5.74) is 1.89. The minimum absolute atomic E-state index is 0.0170. The van der Waals surface area contributed by atoms with Crippen molar-refractivity contribution < 1.29 is 19.1 Å². The van der Waals surface area contributed by atoms with E-state index < -0.39 is 5.41 Å². The Morgan fingerprint density at radius 3 is 2.44 bits per heavy atom. The van der Waals surface area contributed by atoms with E-state index in [4.69, 9.17) is 4.74 Å². The zero-order valence-corrected chi connectivity index (χ0v) is 23.1. The van der Waals surface area contributed by atoms with E-state index >= 15 is 0 Å². The summed E-state index contributed by atoms with van der Waals surface area (Å²) in [4.78, 5) is 48.6. The van der Waals surface area contributed by atoms with E-state index in [9.17, 15) is 14.4 Å². The average molecular weight is 529 g/mol. The van der Waals surface area contributed by atoms with Gasteiger partial charge >= 0.3 is 0 Å². The molecule has 39 heavy (non-hydrogen) atoms. The smallest absolute Gasteiger partial charge is 0.253 e. The van der Waals surface area contributed by atoms with Crippen molar-refractivity contribution in [3.8, 4) is 5.75 Å². The minimum atomic E-state index is -1.16. The molecule has 3 amide bonds. The predicted molar refractivity (Wildman–Crippen MR) is 152 cm³/mol. The van der Waals surface area contributed by atoms with Gasteiger partial charge in [0, 0.05) is 50.7 Å². The number of benzene rings is 2. The molecule has 1 aliphatic rings. The van der Waals surface area contributed by atoms with Crippen LogP contribution in [0.25, 0.3) is 0 Å². The molecule has 0 N–H and O–H groups in total. The summed E-state index contributed by atoms with van der Waals surface area (Å²) in [6.45, 7) is 7.18. The molecule has 0 bridgehead atoms. The van der Waals surface area contributed by atoms with E-state index in [1.165, 1.54) is 4.90 Å². The van der Waals surface area contributed by atoms with Gasteiger partial charge in [0.25, 0.3) is 5.91 Å². The molecule has 0 radical (unpaired) electrons. The number of nitrogens with zero attached hydrogens (tertiary/aromatic N) is 4. The Labute approximate surface area is 230 Å². The normalized spacial score (nSPS) is 14.6. The Bertz CT molecular complexity index is 1310. The van der Waals surface area contributed by atoms with Gasteiger partial charge in [0.2, 0.25) is 11.8 Å². The van der Waals surface area contributed by atoms with Crippen LogP contribution in [-0.4, -0.2) is 60.9 Å². The molecule has 1 aromatic heterocycles. The minimum Gasteiger partial charge on any atom is -0.493 e. The molecule has 0 aliphatic carbocycles. The summed E-state index contributed by atoms with van der Waals surface area (Å²) in [6.07, 6.45) is 4.90. The number of rotatable bonds is 10. The fourth-order valence-corrected chi connectivity index (χ4v) is 4.80. The molecule has 2 aromatic carbocycles. The maximum Gasteiger partial charge on any atom is 0.253 e. The standard InChI is InChI=1S/C31H36N4O4/c1-5-35-26-15-14-25(21-27(26)33(4)29(37)31(2,3)30(35)38)39-20-10-18-34(19-16-23-11-9-17-32-22-23)28(36)24-12-7-6-8-13-24/h6-9,11-15,17,21-22H,5,10,16,18-20H2,1-4H3. The van der Waals surface area contributed by atoms with Crippen LogP contribution >= 0.6 is 0 Å². The third kappa shape index (κ3) is 6.11. The van der Waals surface area contributed by atoms with Crippen molar-refractivity contribution in [3.63, 3.8) is 0 Å². The quantitative estimate of drug-likeness (QED) is 0.284. The van der Waals surface area contributed by atoms with Crippen LogP contribution in [0.15, 0.2) is 73.1 Å². The number of hydrogen-bond acceptors (Lipinski definition) is 5. The van der Waals surface area contributed by atoms with E-state index in [2.05, 4.69) is 4.98 Å². The monoisotopic (exact) mass is 528 g/mol. The number of amides is 3. The Kier molecular flexibility index (Phi) is 8.64. The van der Waals surface area contributed by atoms with Crippen molar-refractivity contribution in [1.82, 2.24) is 9.88 Å². The largest absolute Gasteiger partial charge is 0.493 e. The highest BCUT2D eigenvalue weighted by atomic mass is 16.5. The van der Waals surface area contributed by atoms with Crippen LogP contribution in [0, 0.1) is 5.41 Å². The van der Waals surface area contributed by atoms with Crippen molar-refractivity contribution in [1.29, 1.82) is 0 Å². The zero-order chi connectivity index (χ0) is 28.0. The number of carbonyl (C=O) groups excluding carboxylic acids is 3. The Morgan fingerprint density at radius 2 is 1.74 bits per heavy atom. The van der Waals surface area contributed by atoms with Gasteiger partial charge in [-0.15, -0.1) is 0 Å². The number of pyridine rings is 1. The molecule has 8 heteroatoms. The van der Waals surface area contributed by atoms with Crippen molar-refractivity contribution in [2.45, 2.75) is 33.6 Å². The summed E-state index contributed by atoms with van der Waals surface area (Å²) in [7, 11) is 1.69. The molecule has 0 saturated carbocycles. The summed E-state index contributed by atoms with van der Waals surface area (Å²) >= 11 is 0. The number of carbonyl (C=O) groups is 3. The van der Waals surface area contributed by atoms with Gasteiger partial charge in [-0.1, -0.05) is 24.3 Å². The first-order chi connectivity index (χ1) is 18.7. The van der Waals surface area contributed by atoms with E-state index in [0.717, 1.165) is 5.56 Å². The number of fused-ring (bicyclic) bond motifs is 1. The van der Waals surface area contributed by atoms with E-state index in [1.54, 1.807) is 38.1 Å². The van der Waals surface area contributed by atoms with E-state index in [1.807, 2.05) is 72.6 Å². The number of anilines is 2. The highest BCUT2D eigenvalue weighted by Crippen LogP contribution is 2.40. The van der Waals surface area contributed by atoms with Gasteiger partial charge in [-0.05, 0) is 69.5 Å². The average Bonchev–Trinajstić information content (AvgIpc) is 3.01. The van der Waals surface area contributed by atoms with Crippen LogP contribution < -0.4 is 14.5 Å². The highest BCUT2D eigenvalue weighted by molar-refractivity contribution is 6.20. The maximum absolute atomic E-state index is 13.2. The molecule has 0 saturated heterocycles. The fourth-order valence-electron chi connectivity index (χ4n) is 4.80. The molecule has 0 spiro atoms. The molecule has 4 rings (SSSR count). The van der Waals surface area contributed by atoms with Gasteiger partial charge in [0.1, 0.15) is 11.2 Å². The first kappa shape index (κ1) is 27.8. The topological polar surface area (TPSA) is 83.1 Å². The fraction of sp³-hybridized carbons (Fsp3) is 0.355. The molecule has 0 unspecified atom stereocenters. The highest BCUT2D eigenvalue weighted by Gasteiger charge is 2.45. The first-order valence-corrected chi connectivity index (χ1v) is 13.3. The maximum atomic E-state index is 13.2. The summed E-state index contributed by atoms with van der Waals surface area (Å²) < 4.78 is 6.05. The lowest BCUT2D eigenvalue weighted by Crippen LogP contribution is -2.47. The lowest BCUT2D eigenvalue weighted by molar-refractivity contribution is -0.137. The van der Waals surface area contributed by atoms with Crippen LogP contribution in [-0.2, 0) is 16.0 Å². The van der Waals surface area contributed by atoms with Gasteiger partial charge in [-0.25, -0.2) is 0 Å². The Morgan fingerprint density at radius 1 is 0.974 bits per heavy atom. The van der Waals surface area contributed by atoms with E-state index in [0.29, 0.717) is 61.8 Å². The van der Waals surface area contributed by atoms with Crippen LogP contribution in [0.4, 0.5) is 11.4 Å². The second kappa shape index (κ2) is 12.1. The van der Waals surface area contributed by atoms with Crippen molar-refractivity contribution >= 4 is 29.1 Å². The molecule has 3 aromatic rings. The summed E-state index contributed by atoms with van der Waals surface area (Å²) in [6, 6.07) is 18.6. The zero-order valence-electron chi connectivity index (χ0n) is 23.1. The lowest BCUT2D eigenvalue weighted by atomic mass is 9.90. The molecular weight excluding hydrogens is 492 g/mol. The molecule has 0 fully saturated rings. The van der Waals surface area contributed by atoms with Gasteiger partial charge < -0.3 is 19.4 Å². The molecule has 1 aliphatic heterocycles. The van der Waals surface area contributed by atoms with Crippen LogP contribution in [0.5, 0.6) is 5.75 Å². The van der Waals surface area contributed by atoms with Crippen LogP contribution in [0.2, 0.25) is 0 Å². The lowest BCUT2D eigenvalue weighted by Gasteiger charge is -2.27. The second-order valence-electron chi connectivity index (χ2n) is 10.2. The van der Waals surface area contributed by atoms with Gasteiger partial charge in [0.15, 0.2) is 0 Å². The number of aromatic nitrogens is 1. The summed E-state index contributed by atoms with van der Waals surface area (Å²) in [5, 5.41) is 0. The molecule has 8 nitrogen and oxygen atoms in total. The van der Waals surface area contributed by atoms with Gasteiger partial charge in [-0.2, -0.15) is 0 Å². The number of hydrogen-bond donors (Lipinski definition) is 0.